The minimum Gasteiger partial charge on any atom is -0.461 e. The molecule has 0 saturated carbocycles. The number of hydrogen-bond acceptors (Lipinski definition) is 5. The Morgan fingerprint density at radius 1 is 1.62 bits per heavy atom. The van der Waals surface area contributed by atoms with Crippen molar-refractivity contribution < 1.29 is 22.7 Å². The van der Waals surface area contributed by atoms with E-state index in [9.17, 15) is 18.0 Å². The van der Waals surface area contributed by atoms with Crippen molar-refractivity contribution in [3.8, 4) is 0 Å². The Bertz CT molecular complexity index is 478. The van der Waals surface area contributed by atoms with Gasteiger partial charge in [-0.3, -0.25) is 9.59 Å². The molecule has 1 atom stereocenters. The summed E-state index contributed by atoms with van der Waals surface area (Å²) in [5, 5.41) is -0.707. The summed E-state index contributed by atoms with van der Waals surface area (Å²) in [6.45, 7) is 1.17. The van der Waals surface area contributed by atoms with Crippen molar-refractivity contribution in [1.82, 2.24) is 4.90 Å². The third kappa shape index (κ3) is 1.82. The molecule has 0 bridgehead atoms. The number of β-lactam (4-membered cyclic amide) rings is 1. The van der Waals surface area contributed by atoms with Crippen molar-refractivity contribution in [2.24, 2.45) is 0 Å². The summed E-state index contributed by atoms with van der Waals surface area (Å²) in [6, 6.07) is 0. The number of hydrogen-bond donors (Lipinski definition) is 0. The topological polar surface area (TPSA) is 80.8 Å². The second-order valence-corrected chi connectivity index (χ2v) is 5.99. The van der Waals surface area contributed by atoms with Crippen LogP contribution in [0.4, 0.5) is 0 Å². The highest BCUT2D eigenvalue weighted by atomic mass is 32.2. The Kier molecular flexibility index (Phi) is 2.49. The maximum Gasteiger partial charge on any atom is 0.302 e. The number of fused-ring (bicyclic) bond motifs is 1. The fraction of sp³-hybridized carbons (Fsp3) is 0.556. The van der Waals surface area contributed by atoms with Gasteiger partial charge in [-0.2, -0.15) is 0 Å². The van der Waals surface area contributed by atoms with Gasteiger partial charge in [0.15, 0.2) is 9.84 Å². The summed E-state index contributed by atoms with van der Waals surface area (Å²) < 4.78 is 28.0. The molecule has 2 rings (SSSR count). The smallest absolute Gasteiger partial charge is 0.302 e. The summed E-state index contributed by atoms with van der Waals surface area (Å²) >= 11 is 0. The van der Waals surface area contributed by atoms with Gasteiger partial charge in [-0.1, -0.05) is 0 Å². The molecule has 0 unspecified atom stereocenters. The van der Waals surface area contributed by atoms with Gasteiger partial charge in [-0.25, -0.2) is 8.42 Å². The summed E-state index contributed by atoms with van der Waals surface area (Å²) in [7, 11) is -3.31. The van der Waals surface area contributed by atoms with E-state index in [0.717, 1.165) is 0 Å². The van der Waals surface area contributed by atoms with E-state index in [1.165, 1.54) is 18.0 Å². The molecule has 1 amide bonds. The lowest BCUT2D eigenvalue weighted by Crippen LogP contribution is -2.56. The Balaban J connectivity index is 2.15. The molecule has 1 saturated heterocycles. The molecule has 1 fully saturated rings. The number of nitrogens with zero attached hydrogens (tertiary/aromatic N) is 1. The van der Waals surface area contributed by atoms with Gasteiger partial charge in [0, 0.05) is 13.1 Å². The Morgan fingerprint density at radius 2 is 2.31 bits per heavy atom. The van der Waals surface area contributed by atoms with Crippen LogP contribution in [0, 0.1) is 0 Å². The highest BCUT2D eigenvalue weighted by Crippen LogP contribution is 2.31. The predicted molar refractivity (Wildman–Crippen MR) is 53.8 cm³/mol. The molecule has 2 aliphatic heterocycles. The monoisotopic (exact) mass is 245 g/mol. The third-order valence-corrected chi connectivity index (χ3v) is 4.53. The first-order valence-electron chi connectivity index (χ1n) is 4.76. The Labute approximate surface area is 92.8 Å². The lowest BCUT2D eigenvalue weighted by Gasteiger charge is -2.40. The molecule has 0 aliphatic carbocycles. The number of ether oxygens (including phenoxy) is 1. The van der Waals surface area contributed by atoms with Gasteiger partial charge >= 0.3 is 5.97 Å². The lowest BCUT2D eigenvalue weighted by atomic mass is 10.2. The first-order valence-corrected chi connectivity index (χ1v) is 6.47. The van der Waals surface area contributed by atoms with E-state index >= 15 is 0 Å². The van der Waals surface area contributed by atoms with E-state index in [1.807, 2.05) is 0 Å². The highest BCUT2D eigenvalue weighted by molar-refractivity contribution is 7.92. The molecule has 0 radical (unpaired) electrons. The largest absolute Gasteiger partial charge is 0.461 e. The zero-order chi connectivity index (χ0) is 11.9. The number of amides is 1. The van der Waals surface area contributed by atoms with Crippen LogP contribution in [0.15, 0.2) is 11.8 Å². The second-order valence-electron chi connectivity index (χ2n) is 3.83. The van der Waals surface area contributed by atoms with Gasteiger partial charge in [-0.05, 0) is 5.57 Å². The minimum absolute atomic E-state index is 0.0552. The molecule has 88 valence electrons. The van der Waals surface area contributed by atoms with Crippen LogP contribution >= 0.6 is 0 Å². The van der Waals surface area contributed by atoms with Crippen molar-refractivity contribution in [1.29, 1.82) is 0 Å². The molecule has 7 heteroatoms. The summed E-state index contributed by atoms with van der Waals surface area (Å²) in [4.78, 5) is 22.9. The van der Waals surface area contributed by atoms with Crippen LogP contribution in [0.25, 0.3) is 0 Å². The molecule has 0 N–H and O–H groups in total. The Hall–Kier alpha value is -1.37. The normalized spacial score (nSPS) is 26.6. The van der Waals surface area contributed by atoms with Crippen molar-refractivity contribution in [3.63, 3.8) is 0 Å². The van der Waals surface area contributed by atoms with E-state index in [-0.39, 0.29) is 24.7 Å². The van der Waals surface area contributed by atoms with Crippen molar-refractivity contribution in [2.45, 2.75) is 18.7 Å². The Morgan fingerprint density at radius 3 is 2.88 bits per heavy atom. The number of sulfone groups is 1. The highest BCUT2D eigenvalue weighted by Gasteiger charge is 2.47. The van der Waals surface area contributed by atoms with Crippen molar-refractivity contribution in [3.05, 3.63) is 11.8 Å². The van der Waals surface area contributed by atoms with Crippen LogP contribution in [0.1, 0.15) is 13.3 Å². The van der Waals surface area contributed by atoms with Crippen molar-refractivity contribution >= 4 is 21.7 Å². The maximum atomic E-state index is 11.7. The van der Waals surface area contributed by atoms with Gasteiger partial charge in [0.2, 0.25) is 5.91 Å². The van der Waals surface area contributed by atoms with Gasteiger partial charge in [0.05, 0.1) is 12.2 Å². The zero-order valence-corrected chi connectivity index (χ0v) is 9.49. The molecule has 16 heavy (non-hydrogen) atoms. The second kappa shape index (κ2) is 3.58. The van der Waals surface area contributed by atoms with Crippen LogP contribution in [0.2, 0.25) is 0 Å². The van der Waals surface area contributed by atoms with E-state index in [2.05, 4.69) is 0 Å². The number of rotatable bonds is 2. The molecule has 0 spiro atoms. The lowest BCUT2D eigenvalue weighted by molar-refractivity contribution is -0.140. The van der Waals surface area contributed by atoms with Gasteiger partial charge < -0.3 is 9.64 Å². The molecular weight excluding hydrogens is 234 g/mol. The summed E-state index contributed by atoms with van der Waals surface area (Å²) in [6.07, 6.45) is 1.53. The minimum atomic E-state index is -3.31. The van der Waals surface area contributed by atoms with E-state index in [0.29, 0.717) is 5.57 Å². The van der Waals surface area contributed by atoms with Crippen LogP contribution in [0.5, 0.6) is 0 Å². The molecule has 6 nitrogen and oxygen atoms in total. The van der Waals surface area contributed by atoms with Crippen molar-refractivity contribution in [2.75, 3.05) is 12.4 Å². The molecular formula is C9H11NO5S. The van der Waals surface area contributed by atoms with Crippen LogP contribution in [0.3, 0.4) is 0 Å². The molecule has 0 aromatic heterocycles. The predicted octanol–water partition coefficient (Wildman–Crippen LogP) is -0.580. The first kappa shape index (κ1) is 11.1. The first-order chi connectivity index (χ1) is 7.40. The number of carbonyl (C=O) groups excluding carboxylic acids is 2. The number of carbonyl (C=O) groups is 2. The van der Waals surface area contributed by atoms with Crippen LogP contribution in [-0.2, 0) is 24.2 Å². The maximum absolute atomic E-state index is 11.7. The summed E-state index contributed by atoms with van der Waals surface area (Å²) in [5.74, 6) is -0.835. The third-order valence-electron chi connectivity index (χ3n) is 2.53. The van der Waals surface area contributed by atoms with Crippen LogP contribution < -0.4 is 0 Å². The van der Waals surface area contributed by atoms with Gasteiger partial charge in [-0.15, -0.1) is 0 Å². The summed E-state index contributed by atoms with van der Waals surface area (Å²) in [5.41, 5.74) is 0.430. The SMILES string of the molecule is CC(=O)OCC1=CN2C(=O)C[C@H]2S(=O)(=O)C1. The molecule has 2 aliphatic rings. The van der Waals surface area contributed by atoms with Gasteiger partial charge in [0.25, 0.3) is 0 Å². The fourth-order valence-electron chi connectivity index (χ4n) is 1.72. The molecule has 0 aromatic carbocycles. The van der Waals surface area contributed by atoms with Crippen LogP contribution in [-0.4, -0.2) is 42.9 Å². The van der Waals surface area contributed by atoms with Gasteiger partial charge in [0.1, 0.15) is 12.0 Å². The van der Waals surface area contributed by atoms with E-state index in [1.54, 1.807) is 0 Å². The fourth-order valence-corrected chi connectivity index (χ4v) is 3.51. The average molecular weight is 245 g/mol. The number of esters is 1. The zero-order valence-electron chi connectivity index (χ0n) is 8.67. The van der Waals surface area contributed by atoms with E-state index in [4.69, 9.17) is 4.74 Å². The molecule has 2 heterocycles. The average Bonchev–Trinajstić information content (AvgIpc) is 2.16. The molecule has 0 aromatic rings. The van der Waals surface area contributed by atoms with E-state index < -0.39 is 21.2 Å². The quantitative estimate of drug-likeness (QED) is 0.480. The standard InChI is InChI=1S/C9H11NO5S/c1-6(11)15-4-7-3-10-8(12)2-9(10)16(13,14)5-7/h3,9H,2,4-5H2,1H3/t9-/m1/s1.